The van der Waals surface area contributed by atoms with Crippen LogP contribution in [0.3, 0.4) is 0 Å². The SMILES string of the molecule is CCC(=O)N1CCc2cc(C(=O)N(C)CC(=O)Nc3cc(C)ccn3)ccc21. The maximum absolute atomic E-state index is 12.7. The molecule has 0 saturated heterocycles. The molecule has 0 aliphatic carbocycles. The minimum Gasteiger partial charge on any atom is -0.332 e. The molecular weight excluding hydrogens is 356 g/mol. The smallest absolute Gasteiger partial charge is 0.254 e. The van der Waals surface area contributed by atoms with Gasteiger partial charge in [0, 0.05) is 37.5 Å². The zero-order valence-electron chi connectivity index (χ0n) is 16.4. The molecule has 1 N–H and O–H groups in total. The standard InChI is InChI=1S/C21H24N4O3/c1-4-20(27)25-10-8-15-12-16(5-6-17(15)25)21(28)24(3)13-19(26)23-18-11-14(2)7-9-22-18/h5-7,9,11-12H,4,8,10,13H2,1-3H3,(H,22,23,26). The topological polar surface area (TPSA) is 82.6 Å². The first-order valence-electron chi connectivity index (χ1n) is 9.30. The molecule has 3 rings (SSSR count). The largest absolute Gasteiger partial charge is 0.332 e. The minimum absolute atomic E-state index is 0.0774. The number of fused-ring (bicyclic) bond motifs is 1. The number of pyridine rings is 1. The highest BCUT2D eigenvalue weighted by Gasteiger charge is 2.25. The number of hydrogen-bond donors (Lipinski definition) is 1. The molecule has 1 aromatic carbocycles. The predicted octanol–water partition coefficient (Wildman–Crippen LogP) is 2.40. The van der Waals surface area contributed by atoms with E-state index in [1.165, 1.54) is 4.90 Å². The van der Waals surface area contributed by atoms with Gasteiger partial charge in [0.15, 0.2) is 0 Å². The molecular formula is C21H24N4O3. The van der Waals surface area contributed by atoms with E-state index in [2.05, 4.69) is 10.3 Å². The van der Waals surface area contributed by atoms with E-state index < -0.39 is 0 Å². The molecule has 0 saturated carbocycles. The second-order valence-electron chi connectivity index (χ2n) is 6.92. The average Bonchev–Trinajstić information content (AvgIpc) is 3.09. The van der Waals surface area contributed by atoms with Crippen LogP contribution in [0.25, 0.3) is 0 Å². The number of aryl methyl sites for hydroxylation is 1. The minimum atomic E-state index is -0.310. The van der Waals surface area contributed by atoms with E-state index in [9.17, 15) is 14.4 Å². The number of benzene rings is 1. The maximum Gasteiger partial charge on any atom is 0.254 e. The van der Waals surface area contributed by atoms with Crippen molar-refractivity contribution in [1.82, 2.24) is 9.88 Å². The number of rotatable bonds is 5. The van der Waals surface area contributed by atoms with Crippen LogP contribution in [0, 0.1) is 6.92 Å². The van der Waals surface area contributed by atoms with E-state index in [0.717, 1.165) is 23.2 Å². The summed E-state index contributed by atoms with van der Waals surface area (Å²) in [6.45, 7) is 4.31. The molecule has 0 bridgehead atoms. The number of amides is 3. The molecule has 146 valence electrons. The van der Waals surface area contributed by atoms with Crippen molar-refractivity contribution in [2.45, 2.75) is 26.7 Å². The lowest BCUT2D eigenvalue weighted by atomic mass is 10.1. The molecule has 0 atom stereocenters. The average molecular weight is 380 g/mol. The van der Waals surface area contributed by atoms with E-state index in [1.54, 1.807) is 30.3 Å². The molecule has 3 amide bonds. The first kappa shape index (κ1) is 19.5. The lowest BCUT2D eigenvalue weighted by Gasteiger charge is -2.19. The molecule has 0 fully saturated rings. The highest BCUT2D eigenvalue weighted by atomic mass is 16.2. The van der Waals surface area contributed by atoms with Crippen molar-refractivity contribution < 1.29 is 14.4 Å². The molecule has 1 aliphatic heterocycles. The summed E-state index contributed by atoms with van der Waals surface area (Å²) in [5.41, 5.74) is 3.35. The summed E-state index contributed by atoms with van der Waals surface area (Å²) in [4.78, 5) is 44.1. The monoisotopic (exact) mass is 380 g/mol. The molecule has 1 aliphatic rings. The summed E-state index contributed by atoms with van der Waals surface area (Å²) >= 11 is 0. The fraction of sp³-hybridized carbons (Fsp3) is 0.333. The second-order valence-corrected chi connectivity index (χ2v) is 6.92. The van der Waals surface area contributed by atoms with Crippen molar-refractivity contribution in [3.63, 3.8) is 0 Å². The lowest BCUT2D eigenvalue weighted by Crippen LogP contribution is -2.35. The molecule has 28 heavy (non-hydrogen) atoms. The Balaban J connectivity index is 1.65. The second kappa shape index (κ2) is 8.21. The normalized spacial score (nSPS) is 12.5. The number of hydrogen-bond acceptors (Lipinski definition) is 4. The van der Waals surface area contributed by atoms with Gasteiger partial charge in [-0.25, -0.2) is 4.98 Å². The van der Waals surface area contributed by atoms with Gasteiger partial charge in [0.1, 0.15) is 5.82 Å². The molecule has 0 radical (unpaired) electrons. The number of nitrogens with zero attached hydrogens (tertiary/aromatic N) is 3. The zero-order valence-corrected chi connectivity index (χ0v) is 16.4. The van der Waals surface area contributed by atoms with Gasteiger partial charge >= 0.3 is 0 Å². The molecule has 0 spiro atoms. The number of anilines is 2. The Hall–Kier alpha value is -3.22. The van der Waals surface area contributed by atoms with Crippen LogP contribution >= 0.6 is 0 Å². The van der Waals surface area contributed by atoms with Crippen molar-refractivity contribution in [3.05, 3.63) is 53.2 Å². The van der Waals surface area contributed by atoms with Crippen molar-refractivity contribution >= 4 is 29.2 Å². The first-order valence-corrected chi connectivity index (χ1v) is 9.30. The number of likely N-dealkylation sites (N-methyl/N-ethyl adjacent to an activating group) is 1. The molecule has 0 unspecified atom stereocenters. The molecule has 2 heterocycles. The van der Waals surface area contributed by atoms with Crippen LogP contribution in [0.5, 0.6) is 0 Å². The Morgan fingerprint density at radius 3 is 2.71 bits per heavy atom. The van der Waals surface area contributed by atoms with Crippen LogP contribution in [-0.4, -0.2) is 47.7 Å². The van der Waals surface area contributed by atoms with Gasteiger partial charge in [0.2, 0.25) is 11.8 Å². The van der Waals surface area contributed by atoms with Gasteiger partial charge in [-0.3, -0.25) is 14.4 Å². The van der Waals surface area contributed by atoms with E-state index in [1.807, 2.05) is 32.0 Å². The fourth-order valence-electron chi connectivity index (χ4n) is 3.28. The third kappa shape index (κ3) is 4.19. The summed E-state index contributed by atoms with van der Waals surface area (Å²) in [5, 5.41) is 2.70. The van der Waals surface area contributed by atoms with E-state index >= 15 is 0 Å². The highest BCUT2D eigenvalue weighted by Crippen LogP contribution is 2.29. The highest BCUT2D eigenvalue weighted by molar-refractivity contribution is 6.00. The van der Waals surface area contributed by atoms with E-state index in [0.29, 0.717) is 24.3 Å². The van der Waals surface area contributed by atoms with Gasteiger partial charge < -0.3 is 15.1 Å². The predicted molar refractivity (Wildman–Crippen MR) is 107 cm³/mol. The van der Waals surface area contributed by atoms with E-state index in [4.69, 9.17) is 0 Å². The lowest BCUT2D eigenvalue weighted by molar-refractivity contribution is -0.118. The molecule has 2 aromatic rings. The summed E-state index contributed by atoms with van der Waals surface area (Å²) in [6.07, 6.45) is 2.80. The van der Waals surface area contributed by atoms with Crippen LogP contribution in [0.15, 0.2) is 36.5 Å². The Bertz CT molecular complexity index is 926. The first-order chi connectivity index (χ1) is 13.4. The van der Waals surface area contributed by atoms with Crippen molar-refractivity contribution in [2.24, 2.45) is 0 Å². The number of nitrogens with one attached hydrogen (secondary N) is 1. The quantitative estimate of drug-likeness (QED) is 0.863. The van der Waals surface area contributed by atoms with Gasteiger partial charge in [0.25, 0.3) is 5.91 Å². The number of aromatic nitrogens is 1. The third-order valence-corrected chi connectivity index (χ3v) is 4.74. The molecule has 1 aromatic heterocycles. The number of carbonyl (C=O) groups excluding carboxylic acids is 3. The summed E-state index contributed by atoms with van der Waals surface area (Å²) in [5.74, 6) is -0.00863. The van der Waals surface area contributed by atoms with E-state index in [-0.39, 0.29) is 24.3 Å². The van der Waals surface area contributed by atoms with Crippen molar-refractivity contribution in [3.8, 4) is 0 Å². The Kier molecular flexibility index (Phi) is 5.73. The number of carbonyl (C=O) groups is 3. The van der Waals surface area contributed by atoms with Crippen LogP contribution in [-0.2, 0) is 16.0 Å². The molecule has 7 heteroatoms. The van der Waals surface area contributed by atoms with Gasteiger partial charge in [-0.2, -0.15) is 0 Å². The van der Waals surface area contributed by atoms with Gasteiger partial charge in [-0.1, -0.05) is 6.92 Å². The summed E-state index contributed by atoms with van der Waals surface area (Å²) < 4.78 is 0. The van der Waals surface area contributed by atoms with Gasteiger partial charge in [-0.05, 0) is 54.8 Å². The summed E-state index contributed by atoms with van der Waals surface area (Å²) in [7, 11) is 1.59. The Morgan fingerprint density at radius 1 is 1.21 bits per heavy atom. The van der Waals surface area contributed by atoms with Gasteiger partial charge in [-0.15, -0.1) is 0 Å². The van der Waals surface area contributed by atoms with Crippen LogP contribution in [0.4, 0.5) is 11.5 Å². The van der Waals surface area contributed by atoms with Crippen molar-refractivity contribution in [1.29, 1.82) is 0 Å². The Labute approximate surface area is 164 Å². The third-order valence-electron chi connectivity index (χ3n) is 4.74. The van der Waals surface area contributed by atoms with Crippen LogP contribution in [0.2, 0.25) is 0 Å². The maximum atomic E-state index is 12.7. The Morgan fingerprint density at radius 2 is 2.00 bits per heavy atom. The van der Waals surface area contributed by atoms with Crippen molar-refractivity contribution in [2.75, 3.05) is 30.4 Å². The summed E-state index contributed by atoms with van der Waals surface area (Å²) in [6, 6.07) is 8.95. The van der Waals surface area contributed by atoms with Crippen LogP contribution in [0.1, 0.15) is 34.8 Å². The fourth-order valence-corrected chi connectivity index (χ4v) is 3.28. The zero-order chi connectivity index (χ0) is 20.3. The molecule has 7 nitrogen and oxygen atoms in total. The van der Waals surface area contributed by atoms with Gasteiger partial charge in [0.05, 0.1) is 6.54 Å². The van der Waals surface area contributed by atoms with Crippen LogP contribution < -0.4 is 10.2 Å².